The molecular formula is C20H18F4N2O5S. The number of ether oxygens (including phenoxy) is 1. The maximum absolute atomic E-state index is 13.8. The SMILES string of the molecule is N#Cc1ccc(OC2CN(S(=O)(=O)c3ccc(CC(F)(F)F)cc3)C[C@@]2(O)CO)cc1F. The Morgan fingerprint density at radius 1 is 1.22 bits per heavy atom. The van der Waals surface area contributed by atoms with E-state index in [4.69, 9.17) is 10.00 Å². The second kappa shape index (κ2) is 8.67. The van der Waals surface area contributed by atoms with Crippen molar-refractivity contribution in [2.24, 2.45) is 0 Å². The number of β-amino-alcohol motifs (C(OH)–C–C–N with tert-alkyl or cyclic N) is 1. The second-order valence-corrected chi connectivity index (χ2v) is 9.29. The highest BCUT2D eigenvalue weighted by molar-refractivity contribution is 7.89. The van der Waals surface area contributed by atoms with Gasteiger partial charge in [0.05, 0.1) is 30.0 Å². The summed E-state index contributed by atoms with van der Waals surface area (Å²) in [6.45, 7) is -1.84. The van der Waals surface area contributed by atoms with E-state index in [-0.39, 0.29) is 21.8 Å². The van der Waals surface area contributed by atoms with Crippen molar-refractivity contribution in [2.75, 3.05) is 19.7 Å². The first-order valence-electron chi connectivity index (χ1n) is 9.23. The number of hydrogen-bond acceptors (Lipinski definition) is 6. The number of nitriles is 1. The lowest BCUT2D eigenvalue weighted by Gasteiger charge is -2.27. The standard InChI is InChI=1S/C20H18F4N2O5S/c21-17-7-15(4-3-14(17)9-25)31-18-10-26(11-19(18,28)12-27)32(29,30)16-5-1-13(2-6-16)8-20(22,23)24/h1-7,18,27-28H,8,10-12H2/t18?,19-/m1/s1. The van der Waals surface area contributed by atoms with Gasteiger partial charge in [0.15, 0.2) is 0 Å². The fraction of sp³-hybridized carbons (Fsp3) is 0.350. The summed E-state index contributed by atoms with van der Waals surface area (Å²) in [6.07, 6.45) is -6.93. The molecule has 2 aromatic carbocycles. The molecule has 0 bridgehead atoms. The summed E-state index contributed by atoms with van der Waals surface area (Å²) >= 11 is 0. The summed E-state index contributed by atoms with van der Waals surface area (Å²) in [7, 11) is -4.24. The van der Waals surface area contributed by atoms with Crippen LogP contribution >= 0.6 is 0 Å². The molecule has 0 spiro atoms. The molecule has 0 aliphatic carbocycles. The molecule has 172 valence electrons. The largest absolute Gasteiger partial charge is 0.486 e. The highest BCUT2D eigenvalue weighted by Crippen LogP contribution is 2.31. The zero-order valence-electron chi connectivity index (χ0n) is 16.4. The minimum absolute atomic E-state index is 0.0888. The third-order valence-electron chi connectivity index (χ3n) is 5.00. The summed E-state index contributed by atoms with van der Waals surface area (Å²) in [4.78, 5) is -0.297. The van der Waals surface area contributed by atoms with Crippen LogP contribution in [0.5, 0.6) is 5.75 Å². The highest BCUT2D eigenvalue weighted by atomic mass is 32.2. The van der Waals surface area contributed by atoms with E-state index in [9.17, 15) is 36.2 Å². The summed E-state index contributed by atoms with van der Waals surface area (Å²) in [5.74, 6) is -0.965. The summed E-state index contributed by atoms with van der Waals surface area (Å²) in [5.41, 5.74) is -2.37. The van der Waals surface area contributed by atoms with Crippen LogP contribution < -0.4 is 4.74 Å². The minimum Gasteiger partial charge on any atom is -0.486 e. The molecule has 0 aromatic heterocycles. The summed E-state index contributed by atoms with van der Waals surface area (Å²) < 4.78 is 83.5. The molecule has 1 aliphatic rings. The van der Waals surface area contributed by atoms with Gasteiger partial charge in [0.25, 0.3) is 0 Å². The van der Waals surface area contributed by atoms with Gasteiger partial charge in [-0.05, 0) is 29.8 Å². The molecule has 1 saturated heterocycles. The Labute approximate surface area is 181 Å². The Kier molecular flexibility index (Phi) is 6.48. The van der Waals surface area contributed by atoms with Crippen molar-refractivity contribution in [3.8, 4) is 11.8 Å². The van der Waals surface area contributed by atoms with Crippen LogP contribution in [0.25, 0.3) is 0 Å². The predicted octanol–water partition coefficient (Wildman–Crippen LogP) is 1.98. The van der Waals surface area contributed by atoms with Crippen LogP contribution in [0, 0.1) is 17.1 Å². The molecule has 0 amide bonds. The van der Waals surface area contributed by atoms with Gasteiger partial charge >= 0.3 is 6.18 Å². The van der Waals surface area contributed by atoms with Crippen LogP contribution in [-0.2, 0) is 16.4 Å². The lowest BCUT2D eigenvalue weighted by Crippen LogP contribution is -2.48. The fourth-order valence-corrected chi connectivity index (χ4v) is 4.80. The number of aliphatic hydroxyl groups is 2. The second-order valence-electron chi connectivity index (χ2n) is 7.36. The van der Waals surface area contributed by atoms with E-state index in [1.807, 2.05) is 0 Å². The Hall–Kier alpha value is -2.72. The Bertz CT molecular complexity index is 1130. The number of aliphatic hydroxyl groups excluding tert-OH is 1. The molecule has 0 saturated carbocycles. The molecule has 7 nitrogen and oxygen atoms in total. The summed E-state index contributed by atoms with van der Waals surface area (Å²) in [6, 6.07) is 9.08. The maximum atomic E-state index is 13.8. The van der Waals surface area contributed by atoms with Gasteiger partial charge < -0.3 is 14.9 Å². The van der Waals surface area contributed by atoms with Gasteiger partial charge in [0.2, 0.25) is 10.0 Å². The number of nitrogens with zero attached hydrogens (tertiary/aromatic N) is 2. The van der Waals surface area contributed by atoms with Crippen molar-refractivity contribution >= 4 is 10.0 Å². The zero-order valence-corrected chi connectivity index (χ0v) is 17.2. The molecule has 2 N–H and O–H groups in total. The highest BCUT2D eigenvalue weighted by Gasteiger charge is 2.50. The molecule has 2 atom stereocenters. The first-order valence-corrected chi connectivity index (χ1v) is 10.7. The Morgan fingerprint density at radius 3 is 2.41 bits per heavy atom. The molecule has 1 aliphatic heterocycles. The number of benzene rings is 2. The van der Waals surface area contributed by atoms with Crippen molar-refractivity contribution in [3.05, 3.63) is 59.4 Å². The molecule has 1 unspecified atom stereocenters. The third kappa shape index (κ3) is 5.02. The monoisotopic (exact) mass is 474 g/mol. The first-order chi connectivity index (χ1) is 14.9. The van der Waals surface area contributed by atoms with Crippen molar-refractivity contribution in [3.63, 3.8) is 0 Å². The molecule has 2 aromatic rings. The van der Waals surface area contributed by atoms with Crippen LogP contribution in [0.4, 0.5) is 17.6 Å². The first kappa shape index (κ1) is 23.9. The van der Waals surface area contributed by atoms with E-state index >= 15 is 0 Å². The maximum Gasteiger partial charge on any atom is 0.393 e. The number of rotatable bonds is 6. The topological polar surface area (TPSA) is 111 Å². The normalized spacial score (nSPS) is 22.0. The molecule has 1 heterocycles. The van der Waals surface area contributed by atoms with Gasteiger partial charge in [0, 0.05) is 12.6 Å². The number of sulfonamides is 1. The average molecular weight is 474 g/mol. The lowest BCUT2D eigenvalue weighted by molar-refractivity contribution is -0.127. The van der Waals surface area contributed by atoms with Gasteiger partial charge in [-0.15, -0.1) is 0 Å². The van der Waals surface area contributed by atoms with E-state index < -0.39 is 59.8 Å². The van der Waals surface area contributed by atoms with Crippen LogP contribution in [0.3, 0.4) is 0 Å². The number of hydrogen-bond donors (Lipinski definition) is 2. The number of halogens is 4. The smallest absolute Gasteiger partial charge is 0.393 e. The molecule has 12 heteroatoms. The molecule has 3 rings (SSSR count). The van der Waals surface area contributed by atoms with Gasteiger partial charge in [-0.2, -0.15) is 22.7 Å². The van der Waals surface area contributed by atoms with Crippen LogP contribution in [-0.4, -0.2) is 60.5 Å². The van der Waals surface area contributed by atoms with E-state index in [0.29, 0.717) is 0 Å². The predicted molar refractivity (Wildman–Crippen MR) is 103 cm³/mol. The fourth-order valence-electron chi connectivity index (χ4n) is 3.29. The average Bonchev–Trinajstić information content (AvgIpc) is 3.05. The van der Waals surface area contributed by atoms with Gasteiger partial charge in [-0.1, -0.05) is 12.1 Å². The molecule has 0 radical (unpaired) electrons. The quantitative estimate of drug-likeness (QED) is 0.620. The van der Waals surface area contributed by atoms with E-state index in [1.165, 1.54) is 6.07 Å². The van der Waals surface area contributed by atoms with Gasteiger partial charge in [-0.25, -0.2) is 12.8 Å². The molecule has 32 heavy (non-hydrogen) atoms. The van der Waals surface area contributed by atoms with Crippen molar-refractivity contribution < 1.29 is 40.9 Å². The van der Waals surface area contributed by atoms with E-state index in [1.54, 1.807) is 6.07 Å². The molecular weight excluding hydrogens is 456 g/mol. The zero-order chi connectivity index (χ0) is 23.7. The van der Waals surface area contributed by atoms with E-state index in [0.717, 1.165) is 40.7 Å². The van der Waals surface area contributed by atoms with Gasteiger partial charge in [-0.3, -0.25) is 0 Å². The van der Waals surface area contributed by atoms with E-state index in [2.05, 4.69) is 0 Å². The lowest BCUT2D eigenvalue weighted by atomic mass is 10.0. The van der Waals surface area contributed by atoms with Crippen molar-refractivity contribution in [1.82, 2.24) is 4.31 Å². The third-order valence-corrected chi connectivity index (χ3v) is 6.82. The van der Waals surface area contributed by atoms with Crippen LogP contribution in [0.15, 0.2) is 47.4 Å². The number of alkyl halides is 3. The van der Waals surface area contributed by atoms with Crippen LogP contribution in [0.1, 0.15) is 11.1 Å². The van der Waals surface area contributed by atoms with Crippen LogP contribution in [0.2, 0.25) is 0 Å². The van der Waals surface area contributed by atoms with Crippen molar-refractivity contribution in [2.45, 2.75) is 29.2 Å². The minimum atomic E-state index is -4.44. The Morgan fingerprint density at radius 2 is 1.88 bits per heavy atom. The van der Waals surface area contributed by atoms with Gasteiger partial charge in [0.1, 0.15) is 29.3 Å². The Balaban J connectivity index is 1.81. The summed E-state index contributed by atoms with van der Waals surface area (Å²) in [5, 5.41) is 29.1. The van der Waals surface area contributed by atoms with Crippen molar-refractivity contribution in [1.29, 1.82) is 5.26 Å². The molecule has 1 fully saturated rings.